The fourth-order valence-corrected chi connectivity index (χ4v) is 8.23. The Morgan fingerprint density at radius 2 is 1.79 bits per heavy atom. The first kappa shape index (κ1) is 21.3. The number of carbonyl (C=O) groups is 1. The highest BCUT2D eigenvalue weighted by Crippen LogP contribution is 2.55. The van der Waals surface area contributed by atoms with E-state index < -0.39 is 21.2 Å². The molecule has 4 aliphatic carbocycles. The summed E-state index contributed by atoms with van der Waals surface area (Å²) in [7, 11) is -2.41. The van der Waals surface area contributed by atoms with Crippen LogP contribution in [0.25, 0.3) is 0 Å². The molecule has 4 saturated carbocycles. The Bertz CT molecular complexity index is 916. The third kappa shape index (κ3) is 3.56. The molecule has 0 spiro atoms. The van der Waals surface area contributed by atoms with Gasteiger partial charge in [0.05, 0.1) is 10.5 Å². The first-order chi connectivity index (χ1) is 13.4. The lowest BCUT2D eigenvalue weighted by atomic mass is 9.52. The lowest BCUT2D eigenvalue weighted by Crippen LogP contribution is -2.65. The Kier molecular flexibility index (Phi) is 5.16. The molecule has 1 aromatic rings. The summed E-state index contributed by atoms with van der Waals surface area (Å²) in [4.78, 5) is 13.4. The van der Waals surface area contributed by atoms with Crippen LogP contribution in [-0.4, -0.2) is 48.0 Å². The van der Waals surface area contributed by atoms with E-state index in [-0.39, 0.29) is 28.7 Å². The smallest absolute Gasteiger partial charge is 0.244 e. The molecule has 4 fully saturated rings. The SMILES string of the molecule is CN(C(C)(C)C(=O)NC1C2CC3CC1CC(O)(C3)C2)S(=O)(=O)c1ccccc1Br. The molecule has 0 saturated heterocycles. The van der Waals surface area contributed by atoms with Gasteiger partial charge in [-0.05, 0) is 91.8 Å². The predicted octanol–water partition coefficient (Wildman–Crippen LogP) is 2.90. The van der Waals surface area contributed by atoms with Crippen LogP contribution in [0, 0.1) is 17.8 Å². The van der Waals surface area contributed by atoms with Crippen molar-refractivity contribution in [2.45, 2.75) is 68.0 Å². The number of sulfonamides is 1. The molecule has 4 aliphatic rings. The summed E-state index contributed by atoms with van der Waals surface area (Å²) in [5, 5.41) is 13.9. The van der Waals surface area contributed by atoms with Crippen molar-refractivity contribution in [2.24, 2.45) is 17.8 Å². The van der Waals surface area contributed by atoms with E-state index in [1.165, 1.54) is 13.1 Å². The molecule has 2 N–H and O–H groups in total. The molecule has 0 heterocycles. The Hall–Kier alpha value is -0.960. The van der Waals surface area contributed by atoms with Crippen molar-refractivity contribution >= 4 is 31.9 Å². The first-order valence-electron chi connectivity index (χ1n) is 10.2. The number of halogens is 1. The minimum atomic E-state index is -3.86. The number of aliphatic hydroxyl groups is 1. The van der Waals surface area contributed by atoms with Crippen molar-refractivity contribution in [1.29, 1.82) is 0 Å². The molecular weight excluding hydrogens is 456 g/mol. The van der Waals surface area contributed by atoms with Crippen LogP contribution >= 0.6 is 15.9 Å². The van der Waals surface area contributed by atoms with Crippen LogP contribution in [0.5, 0.6) is 0 Å². The molecular formula is C21H29BrN2O4S. The summed E-state index contributed by atoms with van der Waals surface area (Å²) in [5.41, 5.74) is -1.81. The monoisotopic (exact) mass is 484 g/mol. The van der Waals surface area contributed by atoms with Gasteiger partial charge in [0, 0.05) is 17.6 Å². The standard InChI is InChI=1S/C21H29BrN2O4S/c1-20(2,24(3)29(27,28)17-7-5-4-6-16(17)22)19(25)23-18-14-8-13-9-15(18)12-21(26,10-13)11-14/h4-7,13-15,18,26H,8-12H2,1-3H3,(H,23,25). The zero-order valence-electron chi connectivity index (χ0n) is 17.1. The number of amides is 1. The molecule has 0 aliphatic heterocycles. The number of rotatable bonds is 5. The predicted molar refractivity (Wildman–Crippen MR) is 114 cm³/mol. The van der Waals surface area contributed by atoms with Crippen LogP contribution in [-0.2, 0) is 14.8 Å². The number of hydrogen-bond acceptors (Lipinski definition) is 4. The third-order valence-electron chi connectivity index (χ3n) is 7.36. The molecule has 8 heteroatoms. The molecule has 1 aromatic carbocycles. The highest BCUT2D eigenvalue weighted by molar-refractivity contribution is 9.10. The van der Waals surface area contributed by atoms with Crippen LogP contribution in [0.3, 0.4) is 0 Å². The number of nitrogens with zero attached hydrogens (tertiary/aromatic N) is 1. The normalized spacial score (nSPS) is 33.9. The van der Waals surface area contributed by atoms with Crippen LogP contribution in [0.15, 0.2) is 33.6 Å². The number of hydrogen-bond donors (Lipinski definition) is 2. The second kappa shape index (κ2) is 7.04. The van der Waals surface area contributed by atoms with Crippen molar-refractivity contribution in [2.75, 3.05) is 7.05 Å². The van der Waals surface area contributed by atoms with Gasteiger partial charge in [0.25, 0.3) is 0 Å². The molecule has 0 radical (unpaired) electrons. The summed E-state index contributed by atoms with van der Waals surface area (Å²) in [6, 6.07) is 6.63. The quantitative estimate of drug-likeness (QED) is 0.672. The van der Waals surface area contributed by atoms with Gasteiger partial charge in [-0.1, -0.05) is 12.1 Å². The van der Waals surface area contributed by atoms with Crippen LogP contribution in [0.4, 0.5) is 0 Å². The van der Waals surface area contributed by atoms with Gasteiger partial charge in [-0.25, -0.2) is 8.42 Å². The summed E-state index contributed by atoms with van der Waals surface area (Å²) in [6.07, 6.45) is 4.43. The third-order valence-corrected chi connectivity index (χ3v) is 10.4. The molecule has 2 atom stereocenters. The highest BCUT2D eigenvalue weighted by Gasteiger charge is 2.55. The van der Waals surface area contributed by atoms with Gasteiger partial charge in [-0.15, -0.1) is 0 Å². The van der Waals surface area contributed by atoms with Gasteiger partial charge in [0.2, 0.25) is 15.9 Å². The number of benzene rings is 1. The van der Waals surface area contributed by atoms with Gasteiger partial charge in [-0.2, -0.15) is 4.31 Å². The molecule has 6 nitrogen and oxygen atoms in total. The maximum absolute atomic E-state index is 13.2. The highest BCUT2D eigenvalue weighted by atomic mass is 79.9. The Labute approximate surface area is 181 Å². The largest absolute Gasteiger partial charge is 0.390 e. The van der Waals surface area contributed by atoms with Crippen molar-refractivity contribution in [3.8, 4) is 0 Å². The van der Waals surface area contributed by atoms with Crippen LogP contribution in [0.1, 0.15) is 46.0 Å². The Morgan fingerprint density at radius 3 is 2.34 bits per heavy atom. The van der Waals surface area contributed by atoms with E-state index >= 15 is 0 Å². The van der Waals surface area contributed by atoms with Gasteiger partial charge in [0.15, 0.2) is 0 Å². The van der Waals surface area contributed by atoms with Crippen LogP contribution in [0.2, 0.25) is 0 Å². The first-order valence-corrected chi connectivity index (χ1v) is 12.4. The summed E-state index contributed by atoms with van der Waals surface area (Å²) in [5.74, 6) is 0.810. The fourth-order valence-electron chi connectivity index (χ4n) is 5.79. The van der Waals surface area contributed by atoms with Crippen molar-refractivity contribution in [3.63, 3.8) is 0 Å². The van der Waals surface area contributed by atoms with E-state index in [9.17, 15) is 18.3 Å². The number of likely N-dealkylation sites (N-methyl/N-ethyl adjacent to an activating group) is 1. The molecule has 160 valence electrons. The van der Waals surface area contributed by atoms with E-state index in [1.807, 2.05) is 0 Å². The second-order valence-corrected chi connectivity index (χ2v) is 12.4. The minimum Gasteiger partial charge on any atom is -0.390 e. The van der Waals surface area contributed by atoms with Crippen molar-refractivity contribution in [3.05, 3.63) is 28.7 Å². The van der Waals surface area contributed by atoms with Crippen molar-refractivity contribution in [1.82, 2.24) is 9.62 Å². The summed E-state index contributed by atoms with van der Waals surface area (Å²) >= 11 is 3.30. The lowest BCUT2D eigenvalue weighted by Gasteiger charge is -2.58. The molecule has 1 amide bonds. The lowest BCUT2D eigenvalue weighted by molar-refractivity contribution is -0.149. The fraction of sp³-hybridized carbons (Fsp3) is 0.667. The molecule has 4 bridgehead atoms. The van der Waals surface area contributed by atoms with Gasteiger partial charge < -0.3 is 10.4 Å². The average molecular weight is 485 g/mol. The van der Waals surface area contributed by atoms with Gasteiger partial charge in [-0.3, -0.25) is 4.79 Å². The maximum atomic E-state index is 13.2. The zero-order chi connectivity index (χ0) is 21.2. The Balaban J connectivity index is 1.53. The molecule has 5 rings (SSSR count). The minimum absolute atomic E-state index is 0.0122. The zero-order valence-corrected chi connectivity index (χ0v) is 19.5. The molecule has 2 unspecified atom stereocenters. The summed E-state index contributed by atoms with van der Waals surface area (Å²) in [6.45, 7) is 3.28. The van der Waals surface area contributed by atoms with Gasteiger partial charge in [0.1, 0.15) is 5.54 Å². The number of carbonyl (C=O) groups excluding carboxylic acids is 1. The molecule has 29 heavy (non-hydrogen) atoms. The van der Waals surface area contributed by atoms with E-state index in [0.717, 1.165) is 36.4 Å². The second-order valence-electron chi connectivity index (χ2n) is 9.66. The van der Waals surface area contributed by atoms with Gasteiger partial charge >= 0.3 is 0 Å². The average Bonchev–Trinajstić information content (AvgIpc) is 2.62. The maximum Gasteiger partial charge on any atom is 0.244 e. The van der Waals surface area contributed by atoms with Crippen LogP contribution < -0.4 is 5.32 Å². The molecule has 0 aromatic heterocycles. The van der Waals surface area contributed by atoms with E-state index in [4.69, 9.17) is 0 Å². The topological polar surface area (TPSA) is 86.7 Å². The van der Waals surface area contributed by atoms with E-state index in [1.54, 1.807) is 32.0 Å². The Morgan fingerprint density at radius 1 is 1.21 bits per heavy atom. The van der Waals surface area contributed by atoms with Crippen molar-refractivity contribution < 1.29 is 18.3 Å². The number of nitrogens with one attached hydrogen (secondary N) is 1. The summed E-state index contributed by atoms with van der Waals surface area (Å²) < 4.78 is 28.0. The van der Waals surface area contributed by atoms with E-state index in [2.05, 4.69) is 21.2 Å². The van der Waals surface area contributed by atoms with E-state index in [0.29, 0.717) is 10.4 Å².